The van der Waals surface area contributed by atoms with Crippen LogP contribution in [0, 0.1) is 6.92 Å². The lowest BCUT2D eigenvalue weighted by Crippen LogP contribution is -2.26. The number of H-pyrrole nitrogens is 1. The maximum atomic E-state index is 12.9. The molecule has 0 aliphatic carbocycles. The molecule has 0 fully saturated rings. The number of hydrogen-bond acceptors (Lipinski definition) is 5. The molecule has 0 atom stereocenters. The van der Waals surface area contributed by atoms with E-state index in [9.17, 15) is 8.42 Å². The maximum absolute atomic E-state index is 12.9. The van der Waals surface area contributed by atoms with Crippen LogP contribution < -0.4 is 0 Å². The molecule has 0 saturated carbocycles. The van der Waals surface area contributed by atoms with E-state index in [1.807, 2.05) is 13.0 Å². The number of sulfonamides is 1. The minimum Gasteiger partial charge on any atom is -0.281 e. The summed E-state index contributed by atoms with van der Waals surface area (Å²) in [4.78, 5) is 4.42. The Labute approximate surface area is 153 Å². The third-order valence-electron chi connectivity index (χ3n) is 4.34. The molecular weight excluding hydrogens is 352 g/mol. The first kappa shape index (κ1) is 18.5. The summed E-state index contributed by atoms with van der Waals surface area (Å²) in [5.74, 6) is 0. The predicted molar refractivity (Wildman–Crippen MR) is 99.2 cm³/mol. The summed E-state index contributed by atoms with van der Waals surface area (Å²) in [6, 6.07) is 3.53. The highest BCUT2D eigenvalue weighted by Crippen LogP contribution is 2.24. The molecule has 1 N–H and O–H groups in total. The van der Waals surface area contributed by atoms with Crippen LogP contribution in [0.1, 0.15) is 37.9 Å². The molecular formula is C17H24N6O2S. The van der Waals surface area contributed by atoms with Gasteiger partial charge in [0.1, 0.15) is 4.90 Å². The number of nitrogens with zero attached hydrogens (tertiary/aromatic N) is 5. The Kier molecular flexibility index (Phi) is 4.40. The summed E-state index contributed by atoms with van der Waals surface area (Å²) in [5.41, 5.74) is 2.95. The molecule has 0 bridgehead atoms. The Balaban J connectivity index is 1.90. The zero-order valence-corrected chi connectivity index (χ0v) is 16.7. The van der Waals surface area contributed by atoms with E-state index in [0.29, 0.717) is 5.65 Å². The summed E-state index contributed by atoms with van der Waals surface area (Å²) in [5, 5.41) is 12.2. The van der Waals surface area contributed by atoms with E-state index in [2.05, 4.69) is 41.1 Å². The summed E-state index contributed by atoms with van der Waals surface area (Å²) >= 11 is 0. The second kappa shape index (κ2) is 6.17. The molecule has 0 aromatic carbocycles. The molecule has 3 rings (SSSR count). The number of aryl methyl sites for hydroxylation is 2. The van der Waals surface area contributed by atoms with Gasteiger partial charge in [-0.3, -0.25) is 9.78 Å². The number of aromatic nitrogens is 5. The average molecular weight is 376 g/mol. The first-order valence-corrected chi connectivity index (χ1v) is 9.74. The number of fused-ring (bicyclic) bond motifs is 1. The minimum atomic E-state index is -3.68. The lowest BCUT2D eigenvalue weighted by atomic mass is 9.92. The molecule has 8 nitrogen and oxygen atoms in total. The molecule has 3 heterocycles. The van der Waals surface area contributed by atoms with Gasteiger partial charge in [0.15, 0.2) is 5.65 Å². The fourth-order valence-corrected chi connectivity index (χ4v) is 3.88. The average Bonchev–Trinajstić information content (AvgIpc) is 3.12. The highest BCUT2D eigenvalue weighted by Gasteiger charge is 2.24. The van der Waals surface area contributed by atoms with Crippen LogP contribution >= 0.6 is 0 Å². The van der Waals surface area contributed by atoms with Crippen LogP contribution in [-0.4, -0.2) is 44.7 Å². The number of hydrogen-bond donors (Lipinski definition) is 1. The van der Waals surface area contributed by atoms with E-state index in [-0.39, 0.29) is 16.9 Å². The third kappa shape index (κ3) is 3.24. The third-order valence-corrected chi connectivity index (χ3v) is 6.11. The van der Waals surface area contributed by atoms with Crippen LogP contribution in [0.3, 0.4) is 0 Å². The van der Waals surface area contributed by atoms with Gasteiger partial charge in [-0.15, -0.1) is 0 Å². The Morgan fingerprint density at radius 3 is 2.58 bits per heavy atom. The number of nitrogens with one attached hydrogen (secondary N) is 1. The second-order valence-corrected chi connectivity index (χ2v) is 9.59. The Bertz CT molecular complexity index is 1060. The number of pyridine rings is 1. The van der Waals surface area contributed by atoms with Crippen molar-refractivity contribution in [1.82, 2.24) is 29.3 Å². The van der Waals surface area contributed by atoms with Gasteiger partial charge < -0.3 is 0 Å². The topological polar surface area (TPSA) is 96.8 Å². The van der Waals surface area contributed by atoms with Crippen molar-refractivity contribution in [2.24, 2.45) is 7.05 Å². The van der Waals surface area contributed by atoms with E-state index >= 15 is 0 Å². The van der Waals surface area contributed by atoms with E-state index < -0.39 is 10.0 Å². The van der Waals surface area contributed by atoms with Gasteiger partial charge in [-0.2, -0.15) is 14.5 Å². The SMILES string of the molecule is Cc1nn(C)c2ncc(S(=O)(=O)N(C)Cc3cc(C(C)(C)C)n[nH]3)cc12. The highest BCUT2D eigenvalue weighted by molar-refractivity contribution is 7.89. The maximum Gasteiger partial charge on any atom is 0.244 e. The first-order valence-electron chi connectivity index (χ1n) is 8.30. The van der Waals surface area contributed by atoms with Gasteiger partial charge in [0.05, 0.1) is 23.6 Å². The predicted octanol–water partition coefficient (Wildman–Crippen LogP) is 2.12. The molecule has 0 unspecified atom stereocenters. The van der Waals surface area contributed by atoms with Crippen LogP contribution in [0.5, 0.6) is 0 Å². The molecule has 0 saturated heterocycles. The minimum absolute atomic E-state index is 0.0982. The molecule has 140 valence electrons. The first-order chi connectivity index (χ1) is 12.0. The van der Waals surface area contributed by atoms with Crippen molar-refractivity contribution in [1.29, 1.82) is 0 Å². The molecule has 9 heteroatoms. The lowest BCUT2D eigenvalue weighted by Gasteiger charge is -2.16. The van der Waals surface area contributed by atoms with Crippen molar-refractivity contribution in [3.63, 3.8) is 0 Å². The standard InChI is InChI=1S/C17H24N6O2S/c1-11-14-8-13(9-18-16(14)23(6)21-11)26(24,25)22(5)10-12-7-15(20-19-12)17(2,3)4/h7-9H,10H2,1-6H3,(H,19,20). The molecule has 0 aliphatic heterocycles. The van der Waals surface area contributed by atoms with Gasteiger partial charge in [0, 0.05) is 31.1 Å². The van der Waals surface area contributed by atoms with Gasteiger partial charge in [-0.05, 0) is 19.1 Å². The van der Waals surface area contributed by atoms with Gasteiger partial charge in [-0.1, -0.05) is 20.8 Å². The van der Waals surface area contributed by atoms with Crippen molar-refractivity contribution in [2.75, 3.05) is 7.05 Å². The van der Waals surface area contributed by atoms with Crippen molar-refractivity contribution >= 4 is 21.1 Å². The van der Waals surface area contributed by atoms with Crippen LogP contribution in [0.4, 0.5) is 0 Å². The van der Waals surface area contributed by atoms with Crippen LogP contribution in [-0.2, 0) is 29.0 Å². The Morgan fingerprint density at radius 1 is 1.27 bits per heavy atom. The fourth-order valence-electron chi connectivity index (χ4n) is 2.76. The summed E-state index contributed by atoms with van der Waals surface area (Å²) in [6.07, 6.45) is 1.38. The number of rotatable bonds is 4. The quantitative estimate of drug-likeness (QED) is 0.752. The zero-order valence-electron chi connectivity index (χ0n) is 15.9. The summed E-state index contributed by atoms with van der Waals surface area (Å²) in [6.45, 7) is 8.22. The van der Waals surface area contributed by atoms with Gasteiger partial charge in [-0.25, -0.2) is 13.4 Å². The second-order valence-electron chi connectivity index (χ2n) is 7.54. The molecule has 3 aromatic rings. The van der Waals surface area contributed by atoms with Crippen molar-refractivity contribution < 1.29 is 8.42 Å². The normalized spacial score (nSPS) is 13.0. The highest BCUT2D eigenvalue weighted by atomic mass is 32.2. The molecule has 0 radical (unpaired) electrons. The van der Waals surface area contributed by atoms with Gasteiger partial charge in [0.2, 0.25) is 10.0 Å². The Morgan fingerprint density at radius 2 is 1.96 bits per heavy atom. The molecule has 0 amide bonds. The van der Waals surface area contributed by atoms with Crippen LogP contribution in [0.25, 0.3) is 11.0 Å². The molecule has 0 aliphatic rings. The zero-order chi connectivity index (χ0) is 19.3. The van der Waals surface area contributed by atoms with Gasteiger partial charge >= 0.3 is 0 Å². The number of aromatic amines is 1. The molecule has 3 aromatic heterocycles. The Hall–Kier alpha value is -2.26. The van der Waals surface area contributed by atoms with Crippen LogP contribution in [0.2, 0.25) is 0 Å². The van der Waals surface area contributed by atoms with E-state index in [1.165, 1.54) is 10.5 Å². The van der Waals surface area contributed by atoms with E-state index in [1.54, 1.807) is 24.8 Å². The summed E-state index contributed by atoms with van der Waals surface area (Å²) in [7, 11) is -0.342. The van der Waals surface area contributed by atoms with Crippen molar-refractivity contribution in [2.45, 2.75) is 44.6 Å². The monoisotopic (exact) mass is 376 g/mol. The van der Waals surface area contributed by atoms with Gasteiger partial charge in [0.25, 0.3) is 0 Å². The lowest BCUT2D eigenvalue weighted by molar-refractivity contribution is 0.461. The van der Waals surface area contributed by atoms with Crippen molar-refractivity contribution in [3.8, 4) is 0 Å². The largest absolute Gasteiger partial charge is 0.281 e. The fraction of sp³-hybridized carbons (Fsp3) is 0.471. The van der Waals surface area contributed by atoms with E-state index in [0.717, 1.165) is 22.5 Å². The smallest absolute Gasteiger partial charge is 0.244 e. The molecule has 0 spiro atoms. The summed E-state index contributed by atoms with van der Waals surface area (Å²) < 4.78 is 28.8. The van der Waals surface area contributed by atoms with Crippen LogP contribution in [0.15, 0.2) is 23.2 Å². The van der Waals surface area contributed by atoms with Crippen molar-refractivity contribution in [3.05, 3.63) is 35.4 Å². The van der Waals surface area contributed by atoms with E-state index in [4.69, 9.17) is 0 Å². The molecule has 26 heavy (non-hydrogen) atoms.